The molecule has 15 heavy (non-hydrogen) atoms. The largest absolute Gasteiger partial charge is 0.378 e. The van der Waals surface area contributed by atoms with Crippen molar-refractivity contribution in [3.8, 4) is 0 Å². The predicted octanol–water partition coefficient (Wildman–Crippen LogP) is 0.422. The third-order valence-electron chi connectivity index (χ3n) is 3.22. The highest BCUT2D eigenvalue weighted by atomic mass is 16.5. The van der Waals surface area contributed by atoms with Gasteiger partial charge in [-0.2, -0.15) is 0 Å². The van der Waals surface area contributed by atoms with Crippen LogP contribution in [0.5, 0.6) is 0 Å². The topological polar surface area (TPSA) is 50.4 Å². The molecule has 1 heterocycles. The summed E-state index contributed by atoms with van der Waals surface area (Å²) in [6.07, 6.45) is 4.42. The summed E-state index contributed by atoms with van der Waals surface area (Å²) in [6, 6.07) is 0.396. The molecule has 1 aliphatic heterocycles. The van der Waals surface area contributed by atoms with Gasteiger partial charge in [0.1, 0.15) is 0 Å². The molecule has 0 aromatic carbocycles. The molecule has 4 nitrogen and oxygen atoms in total. The molecule has 2 aliphatic rings. The van der Waals surface area contributed by atoms with Crippen LogP contribution in [0.15, 0.2) is 0 Å². The summed E-state index contributed by atoms with van der Waals surface area (Å²) in [5.41, 5.74) is 0. The second kappa shape index (κ2) is 4.94. The van der Waals surface area contributed by atoms with Crippen LogP contribution in [0.3, 0.4) is 0 Å². The van der Waals surface area contributed by atoms with Gasteiger partial charge < -0.3 is 15.4 Å². The summed E-state index contributed by atoms with van der Waals surface area (Å²) in [5, 5.41) is 6.27. The van der Waals surface area contributed by atoms with E-state index in [1.165, 1.54) is 0 Å². The van der Waals surface area contributed by atoms with E-state index < -0.39 is 0 Å². The van der Waals surface area contributed by atoms with Crippen molar-refractivity contribution in [3.63, 3.8) is 0 Å². The molecule has 0 bridgehead atoms. The summed E-state index contributed by atoms with van der Waals surface area (Å²) < 4.78 is 5.45. The minimum Gasteiger partial charge on any atom is -0.378 e. The highest BCUT2D eigenvalue weighted by molar-refractivity contribution is 5.82. The van der Waals surface area contributed by atoms with Gasteiger partial charge in [0, 0.05) is 12.6 Å². The summed E-state index contributed by atoms with van der Waals surface area (Å²) in [6.45, 7) is 3.76. The monoisotopic (exact) mass is 212 g/mol. The van der Waals surface area contributed by atoms with Crippen molar-refractivity contribution in [3.05, 3.63) is 0 Å². The zero-order valence-corrected chi connectivity index (χ0v) is 9.29. The number of ether oxygens (including phenoxy) is 1. The Morgan fingerprint density at radius 2 is 2.33 bits per heavy atom. The van der Waals surface area contributed by atoms with Crippen LogP contribution in [-0.4, -0.2) is 37.2 Å². The van der Waals surface area contributed by atoms with Crippen LogP contribution in [0.1, 0.15) is 32.6 Å². The third kappa shape index (κ3) is 2.69. The van der Waals surface area contributed by atoms with E-state index >= 15 is 0 Å². The molecule has 0 radical (unpaired) electrons. The number of carbonyl (C=O) groups excluding carboxylic acids is 1. The summed E-state index contributed by atoms with van der Waals surface area (Å²) in [5.74, 6) is 0.174. The smallest absolute Gasteiger partial charge is 0.237 e. The molecule has 1 atom stereocenters. The maximum absolute atomic E-state index is 11.7. The summed E-state index contributed by atoms with van der Waals surface area (Å²) in [4.78, 5) is 11.7. The fourth-order valence-corrected chi connectivity index (χ4v) is 2.27. The van der Waals surface area contributed by atoms with E-state index in [1.807, 2.05) is 6.92 Å². The second-order valence-corrected chi connectivity index (χ2v) is 4.40. The van der Waals surface area contributed by atoms with Gasteiger partial charge in [-0.05, 0) is 39.2 Å². The fraction of sp³-hybridized carbons (Fsp3) is 0.909. The van der Waals surface area contributed by atoms with Crippen molar-refractivity contribution in [1.29, 1.82) is 0 Å². The molecule has 0 spiro atoms. The summed E-state index contributed by atoms with van der Waals surface area (Å²) >= 11 is 0. The molecule has 0 aromatic heterocycles. The number of amides is 1. The number of nitrogens with one attached hydrogen (secondary N) is 2. The van der Waals surface area contributed by atoms with Crippen molar-refractivity contribution in [1.82, 2.24) is 10.6 Å². The number of hydrogen-bond donors (Lipinski definition) is 2. The van der Waals surface area contributed by atoms with E-state index in [4.69, 9.17) is 4.74 Å². The van der Waals surface area contributed by atoms with Crippen molar-refractivity contribution in [2.75, 3.05) is 13.2 Å². The van der Waals surface area contributed by atoms with Gasteiger partial charge >= 0.3 is 0 Å². The number of rotatable bonds is 4. The molecule has 1 aliphatic carbocycles. The Morgan fingerprint density at radius 3 is 2.93 bits per heavy atom. The van der Waals surface area contributed by atoms with Gasteiger partial charge in [-0.3, -0.25) is 4.79 Å². The van der Waals surface area contributed by atoms with Gasteiger partial charge in [0.05, 0.1) is 12.1 Å². The first kappa shape index (κ1) is 10.9. The Labute approximate surface area is 90.8 Å². The van der Waals surface area contributed by atoms with Crippen molar-refractivity contribution in [2.45, 2.75) is 50.8 Å². The lowest BCUT2D eigenvalue weighted by atomic mass is 9.89. The predicted molar refractivity (Wildman–Crippen MR) is 57.6 cm³/mol. The number of carbonyl (C=O) groups is 1. The van der Waals surface area contributed by atoms with Gasteiger partial charge in [-0.25, -0.2) is 0 Å². The van der Waals surface area contributed by atoms with Crippen molar-refractivity contribution in [2.24, 2.45) is 0 Å². The fourth-order valence-electron chi connectivity index (χ4n) is 2.27. The zero-order valence-electron chi connectivity index (χ0n) is 9.29. The second-order valence-electron chi connectivity index (χ2n) is 4.40. The molecular weight excluding hydrogens is 192 g/mol. The van der Waals surface area contributed by atoms with E-state index in [1.54, 1.807) is 0 Å². The van der Waals surface area contributed by atoms with Crippen LogP contribution >= 0.6 is 0 Å². The molecule has 1 saturated carbocycles. The SMILES string of the molecule is CCOC1CC(NC(=O)C2CCCN2)C1. The lowest BCUT2D eigenvalue weighted by Gasteiger charge is -2.35. The molecule has 86 valence electrons. The van der Waals surface area contributed by atoms with Gasteiger partial charge in [0.15, 0.2) is 0 Å². The van der Waals surface area contributed by atoms with Gasteiger partial charge in [-0.1, -0.05) is 0 Å². The third-order valence-corrected chi connectivity index (χ3v) is 3.22. The van der Waals surface area contributed by atoms with Gasteiger partial charge in [0.2, 0.25) is 5.91 Å². The van der Waals surface area contributed by atoms with Gasteiger partial charge in [-0.15, -0.1) is 0 Å². The molecule has 0 aromatic rings. The van der Waals surface area contributed by atoms with E-state index in [9.17, 15) is 4.79 Å². The van der Waals surface area contributed by atoms with Crippen LogP contribution in [0.4, 0.5) is 0 Å². The first-order valence-electron chi connectivity index (χ1n) is 5.95. The zero-order chi connectivity index (χ0) is 10.7. The molecule has 2 fully saturated rings. The minimum absolute atomic E-state index is 0.0520. The maximum Gasteiger partial charge on any atom is 0.237 e. The standard InChI is InChI=1S/C11H20N2O2/c1-2-15-9-6-8(7-9)13-11(14)10-4-3-5-12-10/h8-10,12H,2-7H2,1H3,(H,13,14). The first-order valence-corrected chi connectivity index (χ1v) is 5.95. The Bertz CT molecular complexity index is 221. The Balaban J connectivity index is 1.64. The van der Waals surface area contributed by atoms with E-state index in [0.29, 0.717) is 12.1 Å². The molecule has 4 heteroatoms. The first-order chi connectivity index (χ1) is 7.29. The van der Waals surface area contributed by atoms with Crippen molar-refractivity contribution >= 4 is 5.91 Å². The van der Waals surface area contributed by atoms with Crippen LogP contribution in [0.2, 0.25) is 0 Å². The highest BCUT2D eigenvalue weighted by Gasteiger charge is 2.32. The normalized spacial score (nSPS) is 34.9. The van der Waals surface area contributed by atoms with Crippen LogP contribution in [0.25, 0.3) is 0 Å². The Kier molecular flexibility index (Phi) is 3.59. The summed E-state index contributed by atoms with van der Waals surface area (Å²) in [7, 11) is 0. The Hall–Kier alpha value is -0.610. The van der Waals surface area contributed by atoms with Gasteiger partial charge in [0.25, 0.3) is 0 Å². The van der Waals surface area contributed by atoms with Crippen LogP contribution in [0, 0.1) is 0 Å². The van der Waals surface area contributed by atoms with Crippen LogP contribution in [-0.2, 0) is 9.53 Å². The molecule has 2 N–H and O–H groups in total. The van der Waals surface area contributed by atoms with E-state index in [-0.39, 0.29) is 11.9 Å². The average Bonchev–Trinajstić information content (AvgIpc) is 2.67. The van der Waals surface area contributed by atoms with E-state index in [2.05, 4.69) is 10.6 Å². The van der Waals surface area contributed by atoms with Crippen LogP contribution < -0.4 is 10.6 Å². The maximum atomic E-state index is 11.7. The lowest BCUT2D eigenvalue weighted by Crippen LogP contribution is -2.52. The molecule has 2 rings (SSSR count). The quantitative estimate of drug-likeness (QED) is 0.710. The highest BCUT2D eigenvalue weighted by Crippen LogP contribution is 2.23. The molecule has 1 saturated heterocycles. The number of hydrogen-bond acceptors (Lipinski definition) is 3. The van der Waals surface area contributed by atoms with E-state index in [0.717, 1.165) is 38.8 Å². The minimum atomic E-state index is 0.0520. The Morgan fingerprint density at radius 1 is 1.53 bits per heavy atom. The lowest BCUT2D eigenvalue weighted by molar-refractivity contribution is -0.125. The van der Waals surface area contributed by atoms with Crippen molar-refractivity contribution < 1.29 is 9.53 Å². The molecule has 1 unspecified atom stereocenters. The molecule has 1 amide bonds. The average molecular weight is 212 g/mol. The molecular formula is C11H20N2O2.